The maximum absolute atomic E-state index is 12.2. The quantitative estimate of drug-likeness (QED) is 0.677. The van der Waals surface area contributed by atoms with E-state index in [4.69, 9.17) is 4.74 Å². The highest BCUT2D eigenvalue weighted by Gasteiger charge is 2.38. The number of nitrogens with zero attached hydrogens (tertiary/aromatic N) is 1. The molecule has 0 aromatic heterocycles. The molecule has 110 valence electrons. The van der Waals surface area contributed by atoms with Gasteiger partial charge in [-0.05, 0) is 45.2 Å². The van der Waals surface area contributed by atoms with Crippen molar-refractivity contribution in [3.8, 4) is 0 Å². The minimum atomic E-state index is -0.0183. The Bertz CT molecular complexity index is 298. The summed E-state index contributed by atoms with van der Waals surface area (Å²) >= 11 is 0. The van der Waals surface area contributed by atoms with Gasteiger partial charge in [0.2, 0.25) is 5.91 Å². The zero-order chi connectivity index (χ0) is 13.7. The molecule has 0 saturated carbocycles. The largest absolute Gasteiger partial charge is 0.385 e. The molecule has 3 unspecified atom stereocenters. The van der Waals surface area contributed by atoms with Gasteiger partial charge in [-0.3, -0.25) is 9.69 Å². The van der Waals surface area contributed by atoms with Crippen molar-refractivity contribution in [3.05, 3.63) is 0 Å². The van der Waals surface area contributed by atoms with E-state index in [-0.39, 0.29) is 11.9 Å². The molecule has 0 spiro atoms. The molecule has 2 saturated heterocycles. The molecule has 5 heteroatoms. The summed E-state index contributed by atoms with van der Waals surface area (Å²) < 4.78 is 4.99. The lowest BCUT2D eigenvalue weighted by atomic mass is 9.91. The van der Waals surface area contributed by atoms with Crippen molar-refractivity contribution in [2.75, 3.05) is 39.9 Å². The first-order chi connectivity index (χ1) is 9.24. The summed E-state index contributed by atoms with van der Waals surface area (Å²) in [6.45, 7) is 6.64. The molecule has 5 nitrogen and oxygen atoms in total. The summed E-state index contributed by atoms with van der Waals surface area (Å²) in [7, 11) is 1.69. The van der Waals surface area contributed by atoms with E-state index in [2.05, 4.69) is 15.5 Å². The van der Waals surface area contributed by atoms with Crippen molar-refractivity contribution in [2.45, 2.75) is 38.3 Å². The molecule has 3 atom stereocenters. The molecular formula is C14H27N3O2. The van der Waals surface area contributed by atoms with Crippen LogP contribution in [0, 0.1) is 5.92 Å². The summed E-state index contributed by atoms with van der Waals surface area (Å²) in [5.74, 6) is 0.890. The molecule has 0 aliphatic carbocycles. The van der Waals surface area contributed by atoms with Crippen LogP contribution >= 0.6 is 0 Å². The van der Waals surface area contributed by atoms with E-state index in [0.29, 0.717) is 19.2 Å². The van der Waals surface area contributed by atoms with Crippen molar-refractivity contribution in [2.24, 2.45) is 5.92 Å². The average Bonchev–Trinajstić information content (AvgIpc) is 2.90. The number of carbonyl (C=O) groups excluding carboxylic acids is 1. The molecule has 0 aromatic carbocycles. The van der Waals surface area contributed by atoms with Gasteiger partial charge in [-0.1, -0.05) is 0 Å². The van der Waals surface area contributed by atoms with Gasteiger partial charge in [-0.15, -0.1) is 0 Å². The predicted molar refractivity (Wildman–Crippen MR) is 75.1 cm³/mol. The molecule has 2 aliphatic rings. The number of methoxy groups -OCH3 is 1. The van der Waals surface area contributed by atoms with Crippen molar-refractivity contribution < 1.29 is 9.53 Å². The van der Waals surface area contributed by atoms with E-state index in [1.54, 1.807) is 7.11 Å². The Balaban J connectivity index is 1.80. The van der Waals surface area contributed by atoms with Crippen LogP contribution in [0.3, 0.4) is 0 Å². The smallest absolute Gasteiger partial charge is 0.237 e. The molecule has 2 rings (SSSR count). The molecule has 1 amide bonds. The molecule has 2 N–H and O–H groups in total. The van der Waals surface area contributed by atoms with Gasteiger partial charge < -0.3 is 15.4 Å². The van der Waals surface area contributed by atoms with Gasteiger partial charge in [0.25, 0.3) is 0 Å². The second-order valence-corrected chi connectivity index (χ2v) is 5.68. The molecule has 0 aromatic rings. The first-order valence-electron chi connectivity index (χ1n) is 7.47. The molecule has 0 radical (unpaired) electrons. The normalized spacial score (nSPS) is 28.9. The summed E-state index contributed by atoms with van der Waals surface area (Å²) in [6.07, 6.45) is 3.39. The van der Waals surface area contributed by atoms with Crippen molar-refractivity contribution in [3.63, 3.8) is 0 Å². The van der Waals surface area contributed by atoms with Crippen LogP contribution in [0.25, 0.3) is 0 Å². The molecule has 19 heavy (non-hydrogen) atoms. The zero-order valence-corrected chi connectivity index (χ0v) is 12.2. The lowest BCUT2D eigenvalue weighted by Crippen LogP contribution is -2.54. The number of hydrogen-bond acceptors (Lipinski definition) is 4. The van der Waals surface area contributed by atoms with E-state index in [1.807, 2.05) is 6.92 Å². The molecule has 2 aliphatic heterocycles. The van der Waals surface area contributed by atoms with Gasteiger partial charge in [0.05, 0.1) is 6.04 Å². The highest BCUT2D eigenvalue weighted by Crippen LogP contribution is 2.27. The number of carbonyl (C=O) groups is 1. The third-order valence-electron chi connectivity index (χ3n) is 4.42. The van der Waals surface area contributed by atoms with Crippen LogP contribution in [0.5, 0.6) is 0 Å². The summed E-state index contributed by atoms with van der Waals surface area (Å²) in [4.78, 5) is 14.6. The zero-order valence-electron chi connectivity index (χ0n) is 12.2. The van der Waals surface area contributed by atoms with E-state index >= 15 is 0 Å². The second-order valence-electron chi connectivity index (χ2n) is 5.68. The molecule has 2 heterocycles. The maximum atomic E-state index is 12.2. The van der Waals surface area contributed by atoms with Crippen molar-refractivity contribution >= 4 is 5.91 Å². The Morgan fingerprint density at radius 1 is 1.53 bits per heavy atom. The van der Waals surface area contributed by atoms with E-state index < -0.39 is 0 Å². The number of fused-ring (bicyclic) bond motifs is 1. The van der Waals surface area contributed by atoms with Crippen molar-refractivity contribution in [1.82, 2.24) is 15.5 Å². The van der Waals surface area contributed by atoms with Crippen LogP contribution in [0.2, 0.25) is 0 Å². The van der Waals surface area contributed by atoms with Crippen LogP contribution in [0.4, 0.5) is 0 Å². The van der Waals surface area contributed by atoms with E-state index in [9.17, 15) is 4.79 Å². The first-order valence-corrected chi connectivity index (χ1v) is 7.47. The first kappa shape index (κ1) is 14.8. The minimum absolute atomic E-state index is 0.0183. The third-order valence-corrected chi connectivity index (χ3v) is 4.42. The van der Waals surface area contributed by atoms with E-state index in [1.165, 1.54) is 12.8 Å². The number of ether oxygens (including phenoxy) is 1. The number of likely N-dealkylation sites (tertiary alicyclic amines) is 1. The van der Waals surface area contributed by atoms with Gasteiger partial charge in [0.15, 0.2) is 0 Å². The minimum Gasteiger partial charge on any atom is -0.385 e. The van der Waals surface area contributed by atoms with Gasteiger partial charge in [-0.2, -0.15) is 0 Å². The van der Waals surface area contributed by atoms with Crippen LogP contribution in [-0.4, -0.2) is 62.8 Å². The second kappa shape index (κ2) is 7.22. The van der Waals surface area contributed by atoms with Crippen LogP contribution in [0.15, 0.2) is 0 Å². The number of hydrogen-bond donors (Lipinski definition) is 2. The van der Waals surface area contributed by atoms with Gasteiger partial charge >= 0.3 is 0 Å². The number of nitrogens with one attached hydrogen (secondary N) is 2. The highest BCUT2D eigenvalue weighted by atomic mass is 16.5. The highest BCUT2D eigenvalue weighted by molar-refractivity contribution is 5.81. The Morgan fingerprint density at radius 3 is 3.16 bits per heavy atom. The van der Waals surface area contributed by atoms with Crippen LogP contribution < -0.4 is 10.6 Å². The van der Waals surface area contributed by atoms with E-state index in [0.717, 1.165) is 32.0 Å². The summed E-state index contributed by atoms with van der Waals surface area (Å²) in [6, 6.07) is 0.531. The predicted octanol–water partition coefficient (Wildman–Crippen LogP) is 0.211. The lowest BCUT2D eigenvalue weighted by Gasteiger charge is -2.40. The fraction of sp³-hybridized carbons (Fsp3) is 0.929. The fourth-order valence-electron chi connectivity index (χ4n) is 3.31. The number of piperidine rings is 1. The lowest BCUT2D eigenvalue weighted by molar-refractivity contribution is -0.127. The van der Waals surface area contributed by atoms with Gasteiger partial charge in [0, 0.05) is 32.8 Å². The Kier molecular flexibility index (Phi) is 5.60. The molecular weight excluding hydrogens is 242 g/mol. The van der Waals surface area contributed by atoms with Crippen molar-refractivity contribution in [1.29, 1.82) is 0 Å². The molecule has 2 fully saturated rings. The SMILES string of the molecule is COCCCNC(=O)C(C)N1CCCC2CNCC21. The maximum Gasteiger partial charge on any atom is 0.237 e. The topological polar surface area (TPSA) is 53.6 Å². The monoisotopic (exact) mass is 269 g/mol. The Labute approximate surface area is 116 Å². The van der Waals surface area contributed by atoms with Crippen LogP contribution in [-0.2, 0) is 9.53 Å². The summed E-state index contributed by atoms with van der Waals surface area (Å²) in [5.41, 5.74) is 0. The number of rotatable bonds is 6. The number of amides is 1. The third kappa shape index (κ3) is 3.68. The summed E-state index contributed by atoms with van der Waals surface area (Å²) in [5, 5.41) is 6.47. The van der Waals surface area contributed by atoms with Gasteiger partial charge in [-0.25, -0.2) is 0 Å². The van der Waals surface area contributed by atoms with Gasteiger partial charge in [0.1, 0.15) is 0 Å². The van der Waals surface area contributed by atoms with Crippen LogP contribution in [0.1, 0.15) is 26.2 Å². The fourth-order valence-corrected chi connectivity index (χ4v) is 3.31. The average molecular weight is 269 g/mol. The standard InChI is InChI=1S/C14H27N3O2/c1-11(14(18)16-6-4-8-19-2)17-7-3-5-12-9-15-10-13(12)17/h11-13,15H,3-10H2,1-2H3,(H,16,18). The molecule has 0 bridgehead atoms. The Hall–Kier alpha value is -0.650. The Morgan fingerprint density at radius 2 is 2.37 bits per heavy atom.